The van der Waals surface area contributed by atoms with Crippen molar-refractivity contribution in [2.24, 2.45) is 0 Å². The number of hydrogen-bond donors (Lipinski definition) is 4. The molecule has 5 atom stereocenters. The number of aliphatic hydroxyl groups excluding tert-OH is 2. The van der Waals surface area contributed by atoms with Crippen molar-refractivity contribution in [2.75, 3.05) is 39.6 Å². The van der Waals surface area contributed by atoms with Gasteiger partial charge in [0.1, 0.15) is 25.4 Å². The number of allylic oxidation sites excluding steroid dienone is 28. The SMILES string of the molecule is CC/C=C\C/C=C\C/C=C\C/C=C\C/C=C\CCCCCCCCCCCCCC(=O)OCC(COP(=O)(O)OCC(O)COP(=O)(O)OCC(O)COC(=O)CCCCCCCCCCCCCCCCC/C=C\C/C=C\C/C=C\C/C=C\CCCCC)OC(=O)CCCCCCCCC/C=C\C/C=C\C/C=C\C/C=C\C/C=C\CC. The highest BCUT2D eigenvalue weighted by molar-refractivity contribution is 7.47. The van der Waals surface area contributed by atoms with Gasteiger partial charge in [-0.3, -0.25) is 32.5 Å². The van der Waals surface area contributed by atoms with Crippen LogP contribution in [-0.2, 0) is 55.8 Å². The summed E-state index contributed by atoms with van der Waals surface area (Å²) in [5, 5.41) is 20.7. The predicted octanol–water partition coefficient (Wildman–Crippen LogP) is 28.7. The Morgan fingerprint density at radius 1 is 0.248 bits per heavy atom. The standard InChI is InChI=1S/C99H168O16P2/c1-4-7-10-13-16-19-22-25-28-31-34-37-40-42-44-45-46-47-49-51-53-55-58-61-64-67-70-73-76-79-82-85-97(102)109-88-94(100)89-111-116(105,106)112-90-95(101)91-113-117(107,108)114-93-96(115-99(104)87-84-81-78-75-72-69-66-63-60-57-52-39-36-33-30-27-24-21-18-15-12-9-6-3)92-110-98(103)86-83-80-77-74-71-68-65-62-59-56-54-50-48-43-41-38-35-32-29-26-23-20-17-14-11-8-5-2/h8-9,11-12,16-21,25-30,34-39,42-44,48,57,60,94-96,100-101H,4-7,10,13-15,22-24,31-33,40-41,45-47,49-56,58-59,61-93H2,1-3H3,(H,105,106)(H,107,108)/b11-8-,12-9-,19-16-,20-17-,21-18-,28-25-,29-26-,30-27-,37-34-,38-35-,39-36-,44-42-,48-43-,60-57-. The predicted molar refractivity (Wildman–Crippen MR) is 491 cm³/mol. The van der Waals surface area contributed by atoms with Crippen LogP contribution in [-0.4, -0.2) is 95.9 Å². The zero-order valence-corrected chi connectivity index (χ0v) is 75.6. The summed E-state index contributed by atoms with van der Waals surface area (Å²) in [7, 11) is -9.82. The maximum absolute atomic E-state index is 13.1. The Hall–Kier alpha value is -5.09. The Bertz CT molecular complexity index is 2810. The average molecular weight is 1680 g/mol. The lowest BCUT2D eigenvalue weighted by Gasteiger charge is -2.21. The number of carbonyl (C=O) groups excluding carboxylic acids is 3. The fourth-order valence-corrected chi connectivity index (χ4v) is 14.0. The van der Waals surface area contributed by atoms with Gasteiger partial charge in [-0.2, -0.15) is 0 Å². The Balaban J connectivity index is 4.62. The zero-order chi connectivity index (χ0) is 85.1. The first-order chi connectivity index (χ1) is 57.2. The molecule has 0 aliphatic carbocycles. The highest BCUT2D eigenvalue weighted by Gasteiger charge is 2.29. The molecule has 0 bridgehead atoms. The van der Waals surface area contributed by atoms with Gasteiger partial charge in [0.2, 0.25) is 0 Å². The van der Waals surface area contributed by atoms with E-state index in [-0.39, 0.29) is 19.3 Å². The lowest BCUT2D eigenvalue weighted by atomic mass is 10.0. The summed E-state index contributed by atoms with van der Waals surface area (Å²) in [5.74, 6) is -1.59. The molecule has 0 aliphatic rings. The van der Waals surface area contributed by atoms with E-state index in [1.54, 1.807) is 0 Å². The minimum Gasteiger partial charge on any atom is -0.463 e. The van der Waals surface area contributed by atoms with E-state index in [4.69, 9.17) is 32.3 Å². The smallest absolute Gasteiger partial charge is 0.463 e. The summed E-state index contributed by atoms with van der Waals surface area (Å²) < 4.78 is 61.5. The summed E-state index contributed by atoms with van der Waals surface area (Å²) >= 11 is 0. The van der Waals surface area contributed by atoms with Crippen LogP contribution >= 0.6 is 15.6 Å². The molecule has 4 N–H and O–H groups in total. The number of unbranched alkanes of at least 4 members (excludes halogenated alkanes) is 36. The molecule has 117 heavy (non-hydrogen) atoms. The van der Waals surface area contributed by atoms with E-state index >= 15 is 0 Å². The number of ether oxygens (including phenoxy) is 3. The number of carbonyl (C=O) groups is 3. The summed E-state index contributed by atoms with van der Waals surface area (Å²) in [6.07, 6.45) is 117. The van der Waals surface area contributed by atoms with Gasteiger partial charge in [0, 0.05) is 19.3 Å². The lowest BCUT2D eigenvalue weighted by molar-refractivity contribution is -0.161. The topological polar surface area (TPSA) is 231 Å². The lowest BCUT2D eigenvalue weighted by Crippen LogP contribution is -2.30. The van der Waals surface area contributed by atoms with E-state index in [0.717, 1.165) is 180 Å². The Morgan fingerprint density at radius 3 is 0.718 bits per heavy atom. The number of phosphoric acid groups is 2. The van der Waals surface area contributed by atoms with Crippen LogP contribution in [0.1, 0.15) is 380 Å². The average Bonchev–Trinajstić information content (AvgIpc) is 1.07. The number of rotatable bonds is 87. The molecule has 0 rings (SSSR count). The second-order valence-corrected chi connectivity index (χ2v) is 33.6. The molecule has 0 saturated heterocycles. The van der Waals surface area contributed by atoms with Crippen LogP contribution in [0.15, 0.2) is 170 Å². The highest BCUT2D eigenvalue weighted by atomic mass is 31.2. The first-order valence-corrected chi connectivity index (χ1v) is 49.4. The van der Waals surface area contributed by atoms with Crippen LogP contribution in [0.2, 0.25) is 0 Å². The highest BCUT2D eigenvalue weighted by Crippen LogP contribution is 2.45. The van der Waals surface area contributed by atoms with Gasteiger partial charge in [0.15, 0.2) is 6.10 Å². The van der Waals surface area contributed by atoms with Gasteiger partial charge in [-0.1, -0.05) is 377 Å². The van der Waals surface area contributed by atoms with Crippen LogP contribution in [0.4, 0.5) is 0 Å². The first-order valence-electron chi connectivity index (χ1n) is 46.4. The van der Waals surface area contributed by atoms with E-state index in [0.29, 0.717) is 19.3 Å². The molecule has 5 unspecified atom stereocenters. The molecule has 0 aliphatic heterocycles. The van der Waals surface area contributed by atoms with E-state index in [1.165, 1.54) is 141 Å². The van der Waals surface area contributed by atoms with E-state index in [2.05, 4.69) is 191 Å². The van der Waals surface area contributed by atoms with Crippen LogP contribution < -0.4 is 0 Å². The van der Waals surface area contributed by atoms with Gasteiger partial charge >= 0.3 is 33.6 Å². The van der Waals surface area contributed by atoms with Crippen molar-refractivity contribution in [3.8, 4) is 0 Å². The molecule has 18 heteroatoms. The molecule has 670 valence electrons. The number of hydrogen-bond acceptors (Lipinski definition) is 14. The van der Waals surface area contributed by atoms with Crippen molar-refractivity contribution in [2.45, 2.75) is 399 Å². The van der Waals surface area contributed by atoms with Crippen molar-refractivity contribution in [1.82, 2.24) is 0 Å². The van der Waals surface area contributed by atoms with Gasteiger partial charge in [0.25, 0.3) is 0 Å². The second-order valence-electron chi connectivity index (χ2n) is 30.7. The molecule has 0 spiro atoms. The molecule has 0 aromatic heterocycles. The quantitative estimate of drug-likeness (QED) is 0.0146. The zero-order valence-electron chi connectivity index (χ0n) is 73.8. The third-order valence-corrected chi connectivity index (χ3v) is 21.3. The van der Waals surface area contributed by atoms with Crippen LogP contribution in [0.3, 0.4) is 0 Å². The van der Waals surface area contributed by atoms with Gasteiger partial charge < -0.3 is 34.2 Å². The van der Waals surface area contributed by atoms with Gasteiger partial charge in [-0.25, -0.2) is 9.13 Å². The summed E-state index contributed by atoms with van der Waals surface area (Å²) in [6, 6.07) is 0. The normalized spacial score (nSPS) is 14.6. The van der Waals surface area contributed by atoms with E-state index in [1.807, 2.05) is 0 Å². The summed E-state index contributed by atoms with van der Waals surface area (Å²) in [6.45, 7) is 2.45. The third kappa shape index (κ3) is 91.5. The Labute approximate surface area is 713 Å². The summed E-state index contributed by atoms with van der Waals surface area (Å²) in [4.78, 5) is 59.0. The molecule has 0 aromatic carbocycles. The summed E-state index contributed by atoms with van der Waals surface area (Å²) in [5.41, 5.74) is 0. The third-order valence-electron chi connectivity index (χ3n) is 19.4. The van der Waals surface area contributed by atoms with Crippen molar-refractivity contribution in [3.05, 3.63) is 170 Å². The molecule has 0 radical (unpaired) electrons. The molecular formula is C99H168O16P2. The van der Waals surface area contributed by atoms with Gasteiger partial charge in [-0.15, -0.1) is 0 Å². The largest absolute Gasteiger partial charge is 0.472 e. The van der Waals surface area contributed by atoms with Crippen molar-refractivity contribution < 1.29 is 75.8 Å². The molecule has 0 fully saturated rings. The molecular weight excluding hydrogens is 1510 g/mol. The van der Waals surface area contributed by atoms with Crippen molar-refractivity contribution in [1.29, 1.82) is 0 Å². The van der Waals surface area contributed by atoms with Gasteiger partial charge in [-0.05, 0) is 154 Å². The van der Waals surface area contributed by atoms with Crippen LogP contribution in [0.5, 0.6) is 0 Å². The minimum atomic E-state index is -4.95. The van der Waals surface area contributed by atoms with Crippen molar-refractivity contribution >= 4 is 33.6 Å². The maximum Gasteiger partial charge on any atom is 0.472 e. The fraction of sp³-hybridized carbons (Fsp3) is 0.687. The van der Waals surface area contributed by atoms with E-state index in [9.17, 15) is 43.5 Å². The Kier molecular flexibility index (Phi) is 86.2. The molecule has 0 amide bonds. The number of aliphatic hydroxyl groups is 2. The molecule has 0 saturated carbocycles. The fourth-order valence-electron chi connectivity index (χ4n) is 12.4. The maximum atomic E-state index is 13.1. The van der Waals surface area contributed by atoms with Crippen molar-refractivity contribution in [3.63, 3.8) is 0 Å². The molecule has 0 aromatic rings. The first kappa shape index (κ1) is 112. The Morgan fingerprint density at radius 2 is 0.453 bits per heavy atom. The molecule has 16 nitrogen and oxygen atoms in total. The second kappa shape index (κ2) is 90.2. The van der Waals surface area contributed by atoms with Crippen LogP contribution in [0, 0.1) is 0 Å². The van der Waals surface area contributed by atoms with Crippen LogP contribution in [0.25, 0.3) is 0 Å². The molecule has 0 heterocycles. The minimum absolute atomic E-state index is 0.0861. The van der Waals surface area contributed by atoms with Gasteiger partial charge in [0.05, 0.1) is 26.4 Å². The number of phosphoric ester groups is 2. The van der Waals surface area contributed by atoms with E-state index < -0.39 is 91.5 Å². The number of esters is 3. The monoisotopic (exact) mass is 1680 g/mol.